The lowest BCUT2D eigenvalue weighted by Crippen LogP contribution is -2.14. The minimum Gasteiger partial charge on any atom is -0.462 e. The Hall–Kier alpha value is -3.68. The number of hydrogen-bond acceptors (Lipinski definition) is 7. The zero-order valence-corrected chi connectivity index (χ0v) is 16.1. The van der Waals surface area contributed by atoms with E-state index in [-0.39, 0.29) is 22.8 Å². The van der Waals surface area contributed by atoms with Crippen molar-refractivity contribution in [1.29, 1.82) is 5.26 Å². The van der Waals surface area contributed by atoms with E-state index >= 15 is 0 Å². The molecule has 0 fully saturated rings. The van der Waals surface area contributed by atoms with E-state index in [1.165, 1.54) is 30.5 Å². The maximum absolute atomic E-state index is 12.2. The van der Waals surface area contributed by atoms with E-state index in [0.717, 1.165) is 12.1 Å². The first-order chi connectivity index (χ1) is 13.7. The largest absolute Gasteiger partial charge is 0.462 e. The second kappa shape index (κ2) is 9.50. The highest BCUT2D eigenvalue weighted by Gasteiger charge is 2.12. The third-order valence-corrected chi connectivity index (χ3v) is 4.42. The summed E-state index contributed by atoms with van der Waals surface area (Å²) in [4.78, 5) is 23.5. The standard InChI is InChI=1S/C19H17N3O6S/c1-2-28-19(24)13-3-5-15(6-4-13)21-12-14(11-20)18(23)22-16-7-9-17(10-8-16)29(25,26)27/h3-10,12,21H,2H2,1H3,(H,22,23)(H,25,26,27)/b14-12-. The van der Waals surface area contributed by atoms with Gasteiger partial charge in [0, 0.05) is 17.6 Å². The molecule has 0 bridgehead atoms. The van der Waals surface area contributed by atoms with Crippen LogP contribution in [0.5, 0.6) is 0 Å². The van der Waals surface area contributed by atoms with Gasteiger partial charge in [-0.05, 0) is 55.5 Å². The third kappa shape index (κ3) is 6.17. The summed E-state index contributed by atoms with van der Waals surface area (Å²) in [5, 5.41) is 14.4. The first-order valence-corrected chi connectivity index (χ1v) is 9.71. The second-order valence-electron chi connectivity index (χ2n) is 5.57. The molecule has 0 spiro atoms. The highest BCUT2D eigenvalue weighted by atomic mass is 32.2. The molecule has 29 heavy (non-hydrogen) atoms. The topological polar surface area (TPSA) is 146 Å². The van der Waals surface area contributed by atoms with Crippen molar-refractivity contribution < 1.29 is 27.3 Å². The Labute approximate surface area is 167 Å². The average Bonchev–Trinajstić information content (AvgIpc) is 2.69. The van der Waals surface area contributed by atoms with Crippen molar-refractivity contribution in [1.82, 2.24) is 0 Å². The number of benzene rings is 2. The van der Waals surface area contributed by atoms with Gasteiger partial charge in [0.1, 0.15) is 11.6 Å². The molecule has 0 unspecified atom stereocenters. The van der Waals surface area contributed by atoms with Gasteiger partial charge >= 0.3 is 5.97 Å². The Bertz CT molecular complexity index is 1070. The summed E-state index contributed by atoms with van der Waals surface area (Å²) < 4.78 is 35.8. The summed E-state index contributed by atoms with van der Waals surface area (Å²) in [6, 6.07) is 12.8. The van der Waals surface area contributed by atoms with E-state index in [9.17, 15) is 23.3 Å². The summed E-state index contributed by atoms with van der Waals surface area (Å²) in [5.41, 5.74) is 0.907. The van der Waals surface area contributed by atoms with Crippen LogP contribution in [0.4, 0.5) is 11.4 Å². The number of esters is 1. The summed E-state index contributed by atoms with van der Waals surface area (Å²) in [6.45, 7) is 1.97. The molecule has 150 valence electrons. The van der Waals surface area contributed by atoms with Crippen molar-refractivity contribution in [3.05, 3.63) is 65.9 Å². The minimum absolute atomic E-state index is 0.238. The highest BCUT2D eigenvalue weighted by molar-refractivity contribution is 7.85. The van der Waals surface area contributed by atoms with Gasteiger partial charge in [-0.15, -0.1) is 0 Å². The lowest BCUT2D eigenvalue weighted by Gasteiger charge is -2.06. The molecule has 0 saturated heterocycles. The molecule has 1 amide bonds. The van der Waals surface area contributed by atoms with Gasteiger partial charge in [-0.2, -0.15) is 13.7 Å². The summed E-state index contributed by atoms with van der Waals surface area (Å²) >= 11 is 0. The molecule has 2 rings (SSSR count). The number of ether oxygens (including phenoxy) is 1. The van der Waals surface area contributed by atoms with E-state index < -0.39 is 22.0 Å². The zero-order valence-electron chi connectivity index (χ0n) is 15.2. The first kappa shape index (κ1) is 21.6. The average molecular weight is 415 g/mol. The van der Waals surface area contributed by atoms with Crippen molar-refractivity contribution in [3.8, 4) is 6.07 Å². The number of hydrogen-bond donors (Lipinski definition) is 3. The SMILES string of the molecule is CCOC(=O)c1ccc(N/C=C(/C#N)C(=O)Nc2ccc(S(=O)(=O)O)cc2)cc1. The maximum atomic E-state index is 12.2. The van der Waals surface area contributed by atoms with Gasteiger partial charge in [-0.25, -0.2) is 4.79 Å². The first-order valence-electron chi connectivity index (χ1n) is 8.27. The molecule has 0 aliphatic heterocycles. The van der Waals surface area contributed by atoms with Gasteiger partial charge in [0.05, 0.1) is 17.1 Å². The Kier molecular flexibility index (Phi) is 7.08. The van der Waals surface area contributed by atoms with E-state index in [2.05, 4.69) is 10.6 Å². The van der Waals surface area contributed by atoms with Gasteiger partial charge in [0.25, 0.3) is 16.0 Å². The molecular formula is C19H17N3O6S. The Balaban J connectivity index is 2.04. The van der Waals surface area contributed by atoms with Crippen LogP contribution in [0.15, 0.2) is 65.2 Å². The molecule has 0 aliphatic carbocycles. The van der Waals surface area contributed by atoms with Gasteiger partial charge in [-0.3, -0.25) is 9.35 Å². The number of nitrogens with one attached hydrogen (secondary N) is 2. The lowest BCUT2D eigenvalue weighted by molar-refractivity contribution is -0.112. The van der Waals surface area contributed by atoms with Crippen LogP contribution >= 0.6 is 0 Å². The molecule has 2 aromatic carbocycles. The molecule has 2 aromatic rings. The predicted octanol–water partition coefficient (Wildman–Crippen LogP) is 2.57. The molecule has 9 nitrogen and oxygen atoms in total. The number of carbonyl (C=O) groups excluding carboxylic acids is 2. The predicted molar refractivity (Wildman–Crippen MR) is 105 cm³/mol. The van der Waals surface area contributed by atoms with Crippen LogP contribution in [-0.2, 0) is 19.6 Å². The fourth-order valence-corrected chi connectivity index (χ4v) is 2.61. The fraction of sp³-hybridized carbons (Fsp3) is 0.105. The van der Waals surface area contributed by atoms with Crippen molar-refractivity contribution in [3.63, 3.8) is 0 Å². The molecular weight excluding hydrogens is 398 g/mol. The van der Waals surface area contributed by atoms with E-state index in [0.29, 0.717) is 11.3 Å². The monoisotopic (exact) mass is 415 g/mol. The smallest absolute Gasteiger partial charge is 0.338 e. The fourth-order valence-electron chi connectivity index (χ4n) is 2.13. The van der Waals surface area contributed by atoms with Crippen LogP contribution < -0.4 is 10.6 Å². The van der Waals surface area contributed by atoms with Crippen molar-refractivity contribution in [2.24, 2.45) is 0 Å². The normalized spacial score (nSPS) is 11.3. The van der Waals surface area contributed by atoms with Crippen LogP contribution in [0.3, 0.4) is 0 Å². The van der Waals surface area contributed by atoms with Crippen LogP contribution in [0, 0.1) is 11.3 Å². The lowest BCUT2D eigenvalue weighted by atomic mass is 10.2. The van der Waals surface area contributed by atoms with Gasteiger partial charge in [0.15, 0.2) is 0 Å². The van der Waals surface area contributed by atoms with E-state index in [1.807, 2.05) is 0 Å². The van der Waals surface area contributed by atoms with Crippen LogP contribution in [-0.4, -0.2) is 31.5 Å². The van der Waals surface area contributed by atoms with Gasteiger partial charge < -0.3 is 15.4 Å². The van der Waals surface area contributed by atoms with Crippen LogP contribution in [0.25, 0.3) is 0 Å². The molecule has 0 aliphatic rings. The Morgan fingerprint density at radius 3 is 2.21 bits per heavy atom. The molecule has 3 N–H and O–H groups in total. The van der Waals surface area contributed by atoms with Crippen molar-refractivity contribution in [2.75, 3.05) is 17.2 Å². The molecule has 0 radical (unpaired) electrons. The number of rotatable bonds is 7. The van der Waals surface area contributed by atoms with E-state index in [1.54, 1.807) is 25.1 Å². The maximum Gasteiger partial charge on any atom is 0.338 e. The minimum atomic E-state index is -4.34. The number of carbonyl (C=O) groups is 2. The summed E-state index contributed by atoms with van der Waals surface area (Å²) in [6.07, 6.45) is 1.20. The van der Waals surface area contributed by atoms with Gasteiger partial charge in [0.2, 0.25) is 0 Å². The number of amides is 1. The van der Waals surface area contributed by atoms with Crippen molar-refractivity contribution in [2.45, 2.75) is 11.8 Å². The quantitative estimate of drug-likeness (QED) is 0.271. The Morgan fingerprint density at radius 2 is 1.69 bits per heavy atom. The number of nitrogens with zero attached hydrogens (tertiary/aromatic N) is 1. The zero-order chi connectivity index (χ0) is 21.4. The molecule has 0 heterocycles. The third-order valence-electron chi connectivity index (χ3n) is 3.55. The molecule has 0 saturated carbocycles. The molecule has 0 aromatic heterocycles. The Morgan fingerprint density at radius 1 is 1.10 bits per heavy atom. The number of anilines is 2. The van der Waals surface area contributed by atoms with Crippen molar-refractivity contribution >= 4 is 33.4 Å². The van der Waals surface area contributed by atoms with Gasteiger partial charge in [-0.1, -0.05) is 0 Å². The summed E-state index contributed by atoms with van der Waals surface area (Å²) in [5.74, 6) is -1.17. The number of nitriles is 1. The molecule has 10 heteroatoms. The van der Waals surface area contributed by atoms with Crippen LogP contribution in [0.2, 0.25) is 0 Å². The molecule has 0 atom stereocenters. The van der Waals surface area contributed by atoms with Crippen LogP contribution in [0.1, 0.15) is 17.3 Å². The second-order valence-corrected chi connectivity index (χ2v) is 6.99. The highest BCUT2D eigenvalue weighted by Crippen LogP contribution is 2.15. The summed E-state index contributed by atoms with van der Waals surface area (Å²) in [7, 11) is -4.34. The van der Waals surface area contributed by atoms with E-state index in [4.69, 9.17) is 9.29 Å².